The number of carbonyl (C=O) groups excluding carboxylic acids is 1. The van der Waals surface area contributed by atoms with Gasteiger partial charge in [-0.2, -0.15) is 0 Å². The highest BCUT2D eigenvalue weighted by Gasteiger charge is 2.21. The van der Waals surface area contributed by atoms with Crippen molar-refractivity contribution in [3.63, 3.8) is 0 Å². The highest BCUT2D eigenvalue weighted by atomic mass is 32.1. The maximum absolute atomic E-state index is 12.4. The molecule has 0 aliphatic heterocycles. The van der Waals surface area contributed by atoms with Crippen molar-refractivity contribution < 1.29 is 4.79 Å². The fraction of sp³-hybridized carbons (Fsp3) is 0.438. The summed E-state index contributed by atoms with van der Waals surface area (Å²) in [5.74, 6) is 0.582. The number of hydrogen-bond donors (Lipinski definition) is 1. The molecular formula is C16H22N4OS. The summed E-state index contributed by atoms with van der Waals surface area (Å²) in [5.41, 5.74) is 2.95. The first-order chi connectivity index (χ1) is 10.3. The number of nitrogens with one attached hydrogen (secondary N) is 1. The van der Waals surface area contributed by atoms with Crippen LogP contribution in [0, 0.1) is 27.7 Å². The van der Waals surface area contributed by atoms with Gasteiger partial charge in [0.05, 0.1) is 16.7 Å². The summed E-state index contributed by atoms with van der Waals surface area (Å²) in [6, 6.07) is 3.64. The van der Waals surface area contributed by atoms with Crippen molar-refractivity contribution in [3.05, 3.63) is 39.0 Å². The molecule has 2 heterocycles. The van der Waals surface area contributed by atoms with Gasteiger partial charge in [-0.15, -0.1) is 11.3 Å². The highest BCUT2D eigenvalue weighted by Crippen LogP contribution is 2.28. The fourth-order valence-electron chi connectivity index (χ4n) is 2.39. The van der Waals surface area contributed by atoms with E-state index in [-0.39, 0.29) is 12.1 Å². The number of anilines is 1. The van der Waals surface area contributed by atoms with Gasteiger partial charge in [-0.3, -0.25) is 5.32 Å². The van der Waals surface area contributed by atoms with Crippen LogP contribution in [0.1, 0.15) is 39.8 Å². The van der Waals surface area contributed by atoms with E-state index < -0.39 is 0 Å². The van der Waals surface area contributed by atoms with Crippen molar-refractivity contribution in [1.29, 1.82) is 0 Å². The normalized spacial score (nSPS) is 12.1. The summed E-state index contributed by atoms with van der Waals surface area (Å²) < 4.78 is 0. The molecule has 2 rings (SSSR count). The molecule has 2 aromatic rings. The molecule has 5 nitrogen and oxygen atoms in total. The van der Waals surface area contributed by atoms with Gasteiger partial charge in [0, 0.05) is 17.6 Å². The number of amides is 2. The summed E-state index contributed by atoms with van der Waals surface area (Å²) in [6.45, 7) is 9.87. The SMILES string of the molecule is Cc1cc(C)nc(NC(=O)N(C)C(C)c2sc(C)nc2C)c1. The number of nitrogens with zero attached hydrogens (tertiary/aromatic N) is 3. The Morgan fingerprint density at radius 2 is 1.91 bits per heavy atom. The Morgan fingerprint density at radius 3 is 2.45 bits per heavy atom. The van der Waals surface area contributed by atoms with Gasteiger partial charge in [0.1, 0.15) is 5.82 Å². The van der Waals surface area contributed by atoms with E-state index >= 15 is 0 Å². The molecule has 0 radical (unpaired) electrons. The summed E-state index contributed by atoms with van der Waals surface area (Å²) in [6.07, 6.45) is 0. The van der Waals surface area contributed by atoms with Crippen LogP contribution < -0.4 is 5.32 Å². The van der Waals surface area contributed by atoms with E-state index in [0.29, 0.717) is 5.82 Å². The number of aryl methyl sites for hydroxylation is 4. The largest absolute Gasteiger partial charge is 0.323 e. The van der Waals surface area contributed by atoms with Crippen LogP contribution in [0.2, 0.25) is 0 Å². The predicted molar refractivity (Wildman–Crippen MR) is 90.5 cm³/mol. The van der Waals surface area contributed by atoms with E-state index in [1.54, 1.807) is 23.3 Å². The van der Waals surface area contributed by atoms with E-state index in [1.165, 1.54) is 0 Å². The molecule has 0 spiro atoms. The number of carbonyl (C=O) groups is 1. The van der Waals surface area contributed by atoms with Crippen molar-refractivity contribution in [2.75, 3.05) is 12.4 Å². The second-order valence-electron chi connectivity index (χ2n) is 5.57. The average Bonchev–Trinajstić information content (AvgIpc) is 2.74. The minimum Gasteiger partial charge on any atom is -0.320 e. The zero-order valence-corrected chi connectivity index (χ0v) is 14.7. The lowest BCUT2D eigenvalue weighted by molar-refractivity contribution is 0.209. The van der Waals surface area contributed by atoms with Crippen molar-refractivity contribution in [3.8, 4) is 0 Å². The number of aromatic nitrogens is 2. The number of urea groups is 1. The Kier molecular flexibility index (Phi) is 4.81. The Morgan fingerprint density at radius 1 is 1.23 bits per heavy atom. The molecule has 0 aliphatic rings. The zero-order valence-electron chi connectivity index (χ0n) is 13.9. The second-order valence-corrected chi connectivity index (χ2v) is 6.81. The Balaban J connectivity index is 2.13. The highest BCUT2D eigenvalue weighted by molar-refractivity contribution is 7.11. The van der Waals surface area contributed by atoms with E-state index in [1.807, 2.05) is 46.8 Å². The van der Waals surface area contributed by atoms with Crippen molar-refractivity contribution in [1.82, 2.24) is 14.9 Å². The fourth-order valence-corrected chi connectivity index (χ4v) is 3.41. The summed E-state index contributed by atoms with van der Waals surface area (Å²) in [7, 11) is 1.79. The van der Waals surface area contributed by atoms with Crippen molar-refractivity contribution in [2.45, 2.75) is 40.7 Å². The lowest BCUT2D eigenvalue weighted by atomic mass is 10.2. The maximum atomic E-state index is 12.4. The number of rotatable bonds is 3. The van der Waals surface area contributed by atoms with Crippen LogP contribution in [0.4, 0.5) is 10.6 Å². The molecule has 0 aromatic carbocycles. The van der Waals surface area contributed by atoms with Crippen LogP contribution in [0.25, 0.3) is 0 Å². The zero-order chi connectivity index (χ0) is 16.4. The third-order valence-corrected chi connectivity index (χ3v) is 4.80. The molecule has 0 aliphatic carbocycles. The second kappa shape index (κ2) is 6.44. The van der Waals surface area contributed by atoms with Gasteiger partial charge in [-0.1, -0.05) is 0 Å². The molecule has 0 saturated heterocycles. The van der Waals surface area contributed by atoms with Gasteiger partial charge in [0.25, 0.3) is 0 Å². The van der Waals surface area contributed by atoms with Gasteiger partial charge in [0.2, 0.25) is 0 Å². The topological polar surface area (TPSA) is 58.1 Å². The maximum Gasteiger partial charge on any atom is 0.323 e. The van der Waals surface area contributed by atoms with Crippen LogP contribution in [-0.4, -0.2) is 27.9 Å². The Labute approximate surface area is 135 Å². The van der Waals surface area contributed by atoms with E-state index in [4.69, 9.17) is 0 Å². The summed E-state index contributed by atoms with van der Waals surface area (Å²) in [5, 5.41) is 3.88. The van der Waals surface area contributed by atoms with Crippen LogP contribution >= 0.6 is 11.3 Å². The van der Waals surface area contributed by atoms with E-state index in [0.717, 1.165) is 26.8 Å². The standard InChI is InChI=1S/C16H22N4OS/c1-9-7-10(2)17-14(8-9)19-16(21)20(6)12(4)15-11(3)18-13(5)22-15/h7-8,12H,1-6H3,(H,17,19,21). The van der Waals surface area contributed by atoms with Crippen molar-refractivity contribution in [2.24, 2.45) is 0 Å². The third kappa shape index (κ3) is 3.62. The quantitative estimate of drug-likeness (QED) is 0.930. The van der Waals surface area contributed by atoms with Gasteiger partial charge in [0.15, 0.2) is 0 Å². The summed E-state index contributed by atoms with van der Waals surface area (Å²) in [4.78, 5) is 24.0. The first-order valence-corrected chi connectivity index (χ1v) is 8.02. The molecule has 6 heteroatoms. The molecule has 118 valence electrons. The molecule has 0 fully saturated rings. The molecule has 1 N–H and O–H groups in total. The molecule has 1 atom stereocenters. The third-order valence-electron chi connectivity index (χ3n) is 3.55. The van der Waals surface area contributed by atoms with Gasteiger partial charge >= 0.3 is 6.03 Å². The summed E-state index contributed by atoms with van der Waals surface area (Å²) >= 11 is 1.63. The average molecular weight is 318 g/mol. The van der Waals surface area contributed by atoms with E-state index in [2.05, 4.69) is 15.3 Å². The first-order valence-electron chi connectivity index (χ1n) is 7.21. The van der Waals surface area contributed by atoms with Crippen LogP contribution in [-0.2, 0) is 0 Å². The van der Waals surface area contributed by atoms with Gasteiger partial charge in [-0.25, -0.2) is 14.8 Å². The molecule has 0 saturated carbocycles. The van der Waals surface area contributed by atoms with E-state index in [9.17, 15) is 4.79 Å². The molecule has 0 bridgehead atoms. The number of pyridine rings is 1. The molecular weight excluding hydrogens is 296 g/mol. The molecule has 2 aromatic heterocycles. The van der Waals surface area contributed by atoms with Crippen LogP contribution in [0.3, 0.4) is 0 Å². The van der Waals surface area contributed by atoms with Gasteiger partial charge < -0.3 is 4.90 Å². The number of hydrogen-bond acceptors (Lipinski definition) is 4. The van der Waals surface area contributed by atoms with Crippen molar-refractivity contribution >= 4 is 23.2 Å². The monoisotopic (exact) mass is 318 g/mol. The lowest BCUT2D eigenvalue weighted by Gasteiger charge is -2.24. The molecule has 1 unspecified atom stereocenters. The first kappa shape index (κ1) is 16.4. The Bertz CT molecular complexity index is 675. The predicted octanol–water partition coefficient (Wildman–Crippen LogP) is 4.00. The Hall–Kier alpha value is -1.95. The molecule has 2 amide bonds. The number of thiazole rings is 1. The van der Waals surface area contributed by atoms with Crippen LogP contribution in [0.5, 0.6) is 0 Å². The minimum atomic E-state index is -0.171. The minimum absolute atomic E-state index is 0.0305. The van der Waals surface area contributed by atoms with Gasteiger partial charge in [-0.05, 0) is 52.3 Å². The van der Waals surface area contributed by atoms with Crippen LogP contribution in [0.15, 0.2) is 12.1 Å². The molecule has 22 heavy (non-hydrogen) atoms. The smallest absolute Gasteiger partial charge is 0.320 e. The lowest BCUT2D eigenvalue weighted by Crippen LogP contribution is -2.33.